The van der Waals surface area contributed by atoms with Gasteiger partial charge in [-0.3, -0.25) is 9.59 Å². The summed E-state index contributed by atoms with van der Waals surface area (Å²) in [6.07, 6.45) is 0. The van der Waals surface area contributed by atoms with Gasteiger partial charge in [0.15, 0.2) is 0 Å². The molecule has 1 aromatic rings. The van der Waals surface area contributed by atoms with E-state index in [0.717, 1.165) is 0 Å². The topological polar surface area (TPSA) is 67.4 Å². The second kappa shape index (κ2) is 5.16. The average molecular weight is 222 g/mol. The van der Waals surface area contributed by atoms with Crippen LogP contribution in [0, 0.1) is 0 Å². The fourth-order valence-electron chi connectivity index (χ4n) is 1.24. The van der Waals surface area contributed by atoms with Crippen molar-refractivity contribution in [1.82, 2.24) is 0 Å². The van der Waals surface area contributed by atoms with Gasteiger partial charge >= 0.3 is 0 Å². The Hall–Kier alpha value is -2.04. The fourth-order valence-corrected chi connectivity index (χ4v) is 1.24. The Morgan fingerprint density at radius 3 is 2.12 bits per heavy atom. The molecule has 0 fully saturated rings. The van der Waals surface area contributed by atoms with Crippen molar-refractivity contribution < 1.29 is 14.3 Å². The van der Waals surface area contributed by atoms with Gasteiger partial charge in [-0.05, 0) is 12.1 Å². The van der Waals surface area contributed by atoms with Gasteiger partial charge in [-0.15, -0.1) is 0 Å². The molecule has 2 amide bonds. The SMILES string of the molecule is COc1ccc(NC(C)=O)c(NC(C)=O)c1. The smallest absolute Gasteiger partial charge is 0.221 e. The van der Waals surface area contributed by atoms with Crippen LogP contribution in [0.25, 0.3) is 0 Å². The van der Waals surface area contributed by atoms with Gasteiger partial charge in [-0.2, -0.15) is 0 Å². The molecule has 1 aromatic carbocycles. The third-order valence-corrected chi connectivity index (χ3v) is 1.85. The molecule has 0 aliphatic rings. The van der Waals surface area contributed by atoms with E-state index >= 15 is 0 Å². The summed E-state index contributed by atoms with van der Waals surface area (Å²) in [6.45, 7) is 2.80. The molecule has 0 radical (unpaired) electrons. The summed E-state index contributed by atoms with van der Waals surface area (Å²) in [7, 11) is 1.53. The molecule has 0 unspecified atom stereocenters. The first-order chi connectivity index (χ1) is 7.52. The minimum atomic E-state index is -0.208. The van der Waals surface area contributed by atoms with Crippen LogP contribution in [0.5, 0.6) is 5.75 Å². The minimum absolute atomic E-state index is 0.197. The van der Waals surface area contributed by atoms with E-state index in [1.54, 1.807) is 18.2 Å². The number of methoxy groups -OCH3 is 1. The zero-order valence-corrected chi connectivity index (χ0v) is 9.46. The van der Waals surface area contributed by atoms with Crippen LogP contribution < -0.4 is 15.4 Å². The van der Waals surface area contributed by atoms with Gasteiger partial charge in [0, 0.05) is 19.9 Å². The van der Waals surface area contributed by atoms with E-state index in [4.69, 9.17) is 4.74 Å². The molecule has 0 saturated carbocycles. The lowest BCUT2D eigenvalue weighted by molar-refractivity contribution is -0.115. The van der Waals surface area contributed by atoms with Crippen molar-refractivity contribution >= 4 is 23.2 Å². The summed E-state index contributed by atoms with van der Waals surface area (Å²) in [6, 6.07) is 5.02. The quantitative estimate of drug-likeness (QED) is 0.816. The summed E-state index contributed by atoms with van der Waals surface area (Å²) < 4.78 is 5.03. The van der Waals surface area contributed by atoms with Gasteiger partial charge in [0.2, 0.25) is 11.8 Å². The van der Waals surface area contributed by atoms with E-state index in [0.29, 0.717) is 17.1 Å². The highest BCUT2D eigenvalue weighted by molar-refractivity contribution is 5.98. The number of carbonyl (C=O) groups is 2. The number of hydrogen-bond donors (Lipinski definition) is 2. The van der Waals surface area contributed by atoms with Gasteiger partial charge in [0.05, 0.1) is 18.5 Å². The number of amides is 2. The van der Waals surface area contributed by atoms with Gasteiger partial charge in [-0.1, -0.05) is 0 Å². The van der Waals surface area contributed by atoms with Crippen LogP contribution in [0.4, 0.5) is 11.4 Å². The second-order valence-electron chi connectivity index (χ2n) is 3.27. The molecule has 5 heteroatoms. The Morgan fingerprint density at radius 1 is 1.06 bits per heavy atom. The number of carbonyl (C=O) groups excluding carboxylic acids is 2. The van der Waals surface area contributed by atoms with Crippen molar-refractivity contribution in [2.75, 3.05) is 17.7 Å². The van der Waals surface area contributed by atoms with E-state index in [2.05, 4.69) is 10.6 Å². The highest BCUT2D eigenvalue weighted by Gasteiger charge is 2.06. The molecule has 0 heterocycles. The number of benzene rings is 1. The highest BCUT2D eigenvalue weighted by atomic mass is 16.5. The summed E-state index contributed by atoms with van der Waals surface area (Å²) in [5.41, 5.74) is 1.06. The Balaban J connectivity index is 3.05. The number of hydrogen-bond acceptors (Lipinski definition) is 3. The van der Waals surface area contributed by atoms with Gasteiger partial charge in [-0.25, -0.2) is 0 Å². The zero-order chi connectivity index (χ0) is 12.1. The summed E-state index contributed by atoms with van der Waals surface area (Å²) in [5, 5.41) is 5.24. The predicted molar refractivity (Wildman–Crippen MR) is 61.6 cm³/mol. The molecule has 0 aliphatic carbocycles. The Kier molecular flexibility index (Phi) is 3.88. The molecule has 0 aromatic heterocycles. The van der Waals surface area contributed by atoms with E-state index in [9.17, 15) is 9.59 Å². The molecule has 16 heavy (non-hydrogen) atoms. The maximum Gasteiger partial charge on any atom is 0.221 e. The lowest BCUT2D eigenvalue weighted by atomic mass is 10.2. The van der Waals surface area contributed by atoms with Gasteiger partial charge in [0.1, 0.15) is 5.75 Å². The number of rotatable bonds is 3. The molecule has 86 valence electrons. The molecule has 1 rings (SSSR count). The van der Waals surface area contributed by atoms with Gasteiger partial charge < -0.3 is 15.4 Å². The van der Waals surface area contributed by atoms with Crippen molar-refractivity contribution in [2.45, 2.75) is 13.8 Å². The zero-order valence-electron chi connectivity index (χ0n) is 9.46. The first kappa shape index (κ1) is 12.0. The lowest BCUT2D eigenvalue weighted by Gasteiger charge is -2.11. The molecule has 0 bridgehead atoms. The molecule has 0 spiro atoms. The fraction of sp³-hybridized carbons (Fsp3) is 0.273. The average Bonchev–Trinajstić information content (AvgIpc) is 2.19. The Morgan fingerprint density at radius 2 is 1.62 bits per heavy atom. The van der Waals surface area contributed by atoms with E-state index in [-0.39, 0.29) is 11.8 Å². The van der Waals surface area contributed by atoms with Gasteiger partial charge in [0.25, 0.3) is 0 Å². The van der Waals surface area contributed by atoms with Crippen molar-refractivity contribution in [3.63, 3.8) is 0 Å². The van der Waals surface area contributed by atoms with Crippen LogP contribution in [0.15, 0.2) is 18.2 Å². The van der Waals surface area contributed by atoms with Crippen LogP contribution in [0.1, 0.15) is 13.8 Å². The molecular weight excluding hydrogens is 208 g/mol. The maximum atomic E-state index is 11.0. The summed E-state index contributed by atoms with van der Waals surface area (Å²) in [5.74, 6) is 0.203. The Bertz CT molecular complexity index is 416. The lowest BCUT2D eigenvalue weighted by Crippen LogP contribution is -2.12. The first-order valence-electron chi connectivity index (χ1n) is 4.76. The second-order valence-corrected chi connectivity index (χ2v) is 3.27. The first-order valence-corrected chi connectivity index (χ1v) is 4.76. The monoisotopic (exact) mass is 222 g/mol. The van der Waals surface area contributed by atoms with Crippen molar-refractivity contribution in [3.05, 3.63) is 18.2 Å². The number of anilines is 2. The molecular formula is C11H14N2O3. The van der Waals surface area contributed by atoms with E-state index in [1.165, 1.54) is 21.0 Å². The molecule has 2 N–H and O–H groups in total. The molecule has 0 atom stereocenters. The van der Waals surface area contributed by atoms with Crippen LogP contribution in [-0.4, -0.2) is 18.9 Å². The Labute approximate surface area is 93.8 Å². The molecule has 5 nitrogen and oxygen atoms in total. The van der Waals surface area contributed by atoms with E-state index in [1.807, 2.05) is 0 Å². The van der Waals surface area contributed by atoms with Crippen molar-refractivity contribution in [3.8, 4) is 5.75 Å². The van der Waals surface area contributed by atoms with E-state index < -0.39 is 0 Å². The third-order valence-electron chi connectivity index (χ3n) is 1.85. The van der Waals surface area contributed by atoms with Crippen LogP contribution >= 0.6 is 0 Å². The summed E-state index contributed by atoms with van der Waals surface area (Å²) >= 11 is 0. The normalized spacial score (nSPS) is 9.44. The summed E-state index contributed by atoms with van der Waals surface area (Å²) in [4.78, 5) is 21.9. The minimum Gasteiger partial charge on any atom is -0.497 e. The highest BCUT2D eigenvalue weighted by Crippen LogP contribution is 2.26. The molecule has 0 aliphatic heterocycles. The van der Waals surface area contributed by atoms with Crippen LogP contribution in [0.3, 0.4) is 0 Å². The maximum absolute atomic E-state index is 11.0. The van der Waals surface area contributed by atoms with Crippen molar-refractivity contribution in [2.24, 2.45) is 0 Å². The predicted octanol–water partition coefficient (Wildman–Crippen LogP) is 1.61. The molecule has 0 saturated heterocycles. The van der Waals surface area contributed by atoms with Crippen LogP contribution in [-0.2, 0) is 9.59 Å². The van der Waals surface area contributed by atoms with Crippen LogP contribution in [0.2, 0.25) is 0 Å². The number of nitrogens with one attached hydrogen (secondary N) is 2. The standard InChI is InChI=1S/C11H14N2O3/c1-7(14)12-10-5-4-9(16-3)6-11(10)13-8(2)15/h4-6H,1-3H3,(H,12,14)(H,13,15). The largest absolute Gasteiger partial charge is 0.497 e. The van der Waals surface area contributed by atoms with Crippen molar-refractivity contribution in [1.29, 1.82) is 0 Å². The third kappa shape index (κ3) is 3.27. The number of ether oxygens (including phenoxy) is 1.